The van der Waals surface area contributed by atoms with E-state index in [4.69, 9.17) is 0 Å². The van der Waals surface area contributed by atoms with Gasteiger partial charge in [-0.25, -0.2) is 8.42 Å². The van der Waals surface area contributed by atoms with Crippen LogP contribution >= 0.6 is 0 Å². The Hall–Kier alpha value is -2.56. The maximum absolute atomic E-state index is 13.4. The highest BCUT2D eigenvalue weighted by Gasteiger charge is 2.40. The Labute approximate surface area is 161 Å². The Morgan fingerprint density at radius 2 is 1.75 bits per heavy atom. The van der Waals surface area contributed by atoms with E-state index in [-0.39, 0.29) is 17.1 Å². The van der Waals surface area contributed by atoms with Crippen molar-refractivity contribution < 1.29 is 26.4 Å². The molecule has 1 aromatic heterocycles. The van der Waals surface area contributed by atoms with Gasteiger partial charge in [-0.2, -0.15) is 18.3 Å². The molecule has 7 nitrogen and oxygen atoms in total. The van der Waals surface area contributed by atoms with Crippen LogP contribution in [-0.2, 0) is 16.2 Å². The van der Waals surface area contributed by atoms with Crippen LogP contribution in [0.4, 0.5) is 24.5 Å². The first-order valence-electron chi connectivity index (χ1n) is 8.51. The first-order chi connectivity index (χ1) is 12.9. The second kappa shape index (κ2) is 8.21. The fourth-order valence-electron chi connectivity index (χ4n) is 2.52. The van der Waals surface area contributed by atoms with Gasteiger partial charge in [0, 0.05) is 17.4 Å². The molecule has 1 aromatic carbocycles. The van der Waals surface area contributed by atoms with Crippen LogP contribution in [0.1, 0.15) is 49.3 Å². The molecule has 0 radical (unpaired) electrons. The van der Waals surface area contributed by atoms with Gasteiger partial charge in [0.05, 0.1) is 17.5 Å². The summed E-state index contributed by atoms with van der Waals surface area (Å²) < 4.78 is 66.7. The standard InChI is InChI=1S/C17H21F3N4O3S/c1-4-9-28(26,27)23-13-7-5-12(6-8-13)22-16(25)14-10-21-24(11(2)3)15(14)17(18,19)20/h5-8,10-11,23H,4,9H2,1-3H3,(H,22,25). The molecule has 0 unspecified atom stereocenters. The Balaban J connectivity index is 2.20. The van der Waals surface area contributed by atoms with Crippen LogP contribution in [0.2, 0.25) is 0 Å². The summed E-state index contributed by atoms with van der Waals surface area (Å²) >= 11 is 0. The highest BCUT2D eigenvalue weighted by molar-refractivity contribution is 7.92. The lowest BCUT2D eigenvalue weighted by Gasteiger charge is -2.15. The summed E-state index contributed by atoms with van der Waals surface area (Å²) in [6, 6.07) is 5.02. The number of nitrogens with one attached hydrogen (secondary N) is 2. The number of halogens is 3. The third kappa shape index (κ3) is 5.24. The van der Waals surface area contributed by atoms with Gasteiger partial charge in [0.1, 0.15) is 0 Å². The van der Waals surface area contributed by atoms with Crippen molar-refractivity contribution in [1.82, 2.24) is 9.78 Å². The van der Waals surface area contributed by atoms with Gasteiger partial charge in [-0.05, 0) is 44.5 Å². The molecule has 0 aliphatic carbocycles. The van der Waals surface area contributed by atoms with Crippen LogP contribution in [0.25, 0.3) is 0 Å². The predicted molar refractivity (Wildman–Crippen MR) is 99.7 cm³/mol. The molecule has 0 fully saturated rings. The number of hydrogen-bond acceptors (Lipinski definition) is 4. The third-order valence-corrected chi connectivity index (χ3v) is 5.18. The normalized spacial score (nSPS) is 12.2. The maximum atomic E-state index is 13.4. The predicted octanol–water partition coefficient (Wildman–Crippen LogP) is 3.89. The molecule has 0 atom stereocenters. The number of amides is 1. The lowest BCUT2D eigenvalue weighted by Crippen LogP contribution is -2.22. The number of carbonyl (C=O) groups excluding carboxylic acids is 1. The number of nitrogens with zero attached hydrogens (tertiary/aromatic N) is 2. The van der Waals surface area contributed by atoms with Crippen LogP contribution < -0.4 is 10.0 Å². The zero-order valence-electron chi connectivity index (χ0n) is 15.5. The molecular weight excluding hydrogens is 397 g/mol. The Bertz CT molecular complexity index is 936. The maximum Gasteiger partial charge on any atom is 0.433 e. The topological polar surface area (TPSA) is 93.1 Å². The molecule has 0 aliphatic rings. The summed E-state index contributed by atoms with van der Waals surface area (Å²) in [6.45, 7) is 4.79. The molecule has 2 N–H and O–H groups in total. The number of aromatic nitrogens is 2. The minimum atomic E-state index is -4.74. The van der Waals surface area contributed by atoms with Gasteiger partial charge in [-0.3, -0.25) is 14.2 Å². The number of anilines is 2. The van der Waals surface area contributed by atoms with Crippen molar-refractivity contribution in [2.24, 2.45) is 0 Å². The van der Waals surface area contributed by atoms with Gasteiger partial charge < -0.3 is 5.32 Å². The molecule has 154 valence electrons. The van der Waals surface area contributed by atoms with E-state index < -0.39 is 39.4 Å². The lowest BCUT2D eigenvalue weighted by molar-refractivity contribution is -0.145. The summed E-state index contributed by atoms with van der Waals surface area (Å²) in [4.78, 5) is 12.3. The number of rotatable bonds is 7. The zero-order chi connectivity index (χ0) is 21.1. The molecular formula is C17H21F3N4O3S. The molecule has 0 aliphatic heterocycles. The van der Waals surface area contributed by atoms with E-state index in [9.17, 15) is 26.4 Å². The largest absolute Gasteiger partial charge is 0.433 e. The highest BCUT2D eigenvalue weighted by Crippen LogP contribution is 2.34. The summed E-state index contributed by atoms with van der Waals surface area (Å²) in [7, 11) is -3.46. The second-order valence-electron chi connectivity index (χ2n) is 6.40. The number of benzene rings is 1. The quantitative estimate of drug-likeness (QED) is 0.714. The molecule has 0 bridgehead atoms. The number of alkyl halides is 3. The lowest BCUT2D eigenvalue weighted by atomic mass is 10.2. The van der Waals surface area contributed by atoms with E-state index in [2.05, 4.69) is 15.1 Å². The molecule has 0 saturated carbocycles. The van der Waals surface area contributed by atoms with Gasteiger partial charge in [-0.1, -0.05) is 6.92 Å². The Morgan fingerprint density at radius 1 is 1.18 bits per heavy atom. The van der Waals surface area contributed by atoms with Crippen molar-refractivity contribution in [3.63, 3.8) is 0 Å². The number of carbonyl (C=O) groups is 1. The average molecular weight is 418 g/mol. The summed E-state index contributed by atoms with van der Waals surface area (Å²) in [5.74, 6) is -0.996. The van der Waals surface area contributed by atoms with Gasteiger partial charge in [0.25, 0.3) is 5.91 Å². The van der Waals surface area contributed by atoms with Crippen LogP contribution in [0.5, 0.6) is 0 Å². The van der Waals surface area contributed by atoms with E-state index >= 15 is 0 Å². The van der Waals surface area contributed by atoms with Gasteiger partial charge in [-0.15, -0.1) is 0 Å². The van der Waals surface area contributed by atoms with Crippen molar-refractivity contribution in [2.45, 2.75) is 39.4 Å². The Morgan fingerprint density at radius 3 is 2.25 bits per heavy atom. The van der Waals surface area contributed by atoms with Crippen LogP contribution in [0.3, 0.4) is 0 Å². The average Bonchev–Trinajstić information content (AvgIpc) is 3.02. The van der Waals surface area contributed by atoms with E-state index in [0.717, 1.165) is 10.9 Å². The number of hydrogen-bond donors (Lipinski definition) is 2. The van der Waals surface area contributed by atoms with E-state index in [1.54, 1.807) is 6.92 Å². The van der Waals surface area contributed by atoms with Crippen molar-refractivity contribution in [2.75, 3.05) is 15.8 Å². The van der Waals surface area contributed by atoms with Crippen LogP contribution in [-0.4, -0.2) is 29.9 Å². The summed E-state index contributed by atoms with van der Waals surface area (Å²) in [5, 5.41) is 6.04. The first kappa shape index (κ1) is 21.7. The van der Waals surface area contributed by atoms with Crippen molar-refractivity contribution in [3.05, 3.63) is 41.7 Å². The molecule has 1 heterocycles. The third-order valence-electron chi connectivity index (χ3n) is 3.69. The highest BCUT2D eigenvalue weighted by atomic mass is 32.2. The fourth-order valence-corrected chi connectivity index (χ4v) is 3.66. The SMILES string of the molecule is CCCS(=O)(=O)Nc1ccc(NC(=O)c2cnn(C(C)C)c2C(F)(F)F)cc1. The molecule has 0 saturated heterocycles. The van der Waals surface area contributed by atoms with E-state index in [1.807, 2.05) is 0 Å². The van der Waals surface area contributed by atoms with Crippen LogP contribution in [0.15, 0.2) is 30.5 Å². The van der Waals surface area contributed by atoms with Gasteiger partial charge in [0.15, 0.2) is 5.69 Å². The second-order valence-corrected chi connectivity index (χ2v) is 8.24. The monoisotopic (exact) mass is 418 g/mol. The molecule has 11 heteroatoms. The molecule has 28 heavy (non-hydrogen) atoms. The molecule has 2 rings (SSSR count). The van der Waals surface area contributed by atoms with Crippen molar-refractivity contribution >= 4 is 27.3 Å². The fraction of sp³-hybridized carbons (Fsp3) is 0.412. The number of sulfonamides is 1. The van der Waals surface area contributed by atoms with Crippen molar-refractivity contribution in [1.29, 1.82) is 0 Å². The van der Waals surface area contributed by atoms with Crippen LogP contribution in [0, 0.1) is 0 Å². The minimum absolute atomic E-state index is 0.0362. The molecule has 2 aromatic rings. The van der Waals surface area contributed by atoms with Crippen molar-refractivity contribution in [3.8, 4) is 0 Å². The summed E-state index contributed by atoms with van der Waals surface area (Å²) in [5.41, 5.74) is -1.21. The summed E-state index contributed by atoms with van der Waals surface area (Å²) in [6.07, 6.45) is -3.41. The Kier molecular flexibility index (Phi) is 6.37. The first-order valence-corrected chi connectivity index (χ1v) is 10.2. The molecule has 1 amide bonds. The van der Waals surface area contributed by atoms with E-state index in [0.29, 0.717) is 6.42 Å². The smallest absolute Gasteiger partial charge is 0.322 e. The molecule has 0 spiro atoms. The minimum Gasteiger partial charge on any atom is -0.322 e. The van der Waals surface area contributed by atoms with Gasteiger partial charge >= 0.3 is 6.18 Å². The van der Waals surface area contributed by atoms with E-state index in [1.165, 1.54) is 38.1 Å². The zero-order valence-corrected chi connectivity index (χ0v) is 16.4. The van der Waals surface area contributed by atoms with Gasteiger partial charge in [0.2, 0.25) is 10.0 Å².